The molecule has 0 aliphatic heterocycles. The van der Waals surface area contributed by atoms with Crippen molar-refractivity contribution in [2.75, 3.05) is 0 Å². The molecule has 0 bridgehead atoms. The van der Waals surface area contributed by atoms with Gasteiger partial charge in [0.15, 0.2) is 0 Å². The Morgan fingerprint density at radius 2 is 2.00 bits per heavy atom. The summed E-state index contributed by atoms with van der Waals surface area (Å²) in [4.78, 5) is 4.36. The average molecular weight is 281 g/mol. The summed E-state index contributed by atoms with van der Waals surface area (Å²) in [6.07, 6.45) is 0. The third kappa shape index (κ3) is 2.85. The summed E-state index contributed by atoms with van der Waals surface area (Å²) in [5.41, 5.74) is 1.86. The molecule has 0 fully saturated rings. The van der Waals surface area contributed by atoms with Gasteiger partial charge in [-0.1, -0.05) is 29.8 Å². The molecule has 0 aliphatic carbocycles. The van der Waals surface area contributed by atoms with Crippen LogP contribution in [-0.2, 0) is 5.88 Å². The van der Waals surface area contributed by atoms with Crippen molar-refractivity contribution in [1.82, 2.24) is 4.98 Å². The summed E-state index contributed by atoms with van der Waals surface area (Å²) >= 11 is 13.3. The maximum absolute atomic E-state index is 6.04. The van der Waals surface area contributed by atoms with Crippen molar-refractivity contribution >= 4 is 46.9 Å². The van der Waals surface area contributed by atoms with Gasteiger partial charge < -0.3 is 0 Å². The van der Waals surface area contributed by atoms with Crippen molar-refractivity contribution in [2.45, 2.75) is 5.88 Å². The normalized spacial score (nSPS) is 9.73. The largest absolute Gasteiger partial charge is 0.240 e. The van der Waals surface area contributed by atoms with Gasteiger partial charge in [0.05, 0.1) is 16.6 Å². The van der Waals surface area contributed by atoms with E-state index in [0.29, 0.717) is 5.88 Å². The Hall–Kier alpha value is -0.280. The lowest BCUT2D eigenvalue weighted by Crippen LogP contribution is -1.80. The Labute approximate surface area is 108 Å². The van der Waals surface area contributed by atoms with Gasteiger partial charge >= 0.3 is 0 Å². The van der Waals surface area contributed by atoms with Crippen LogP contribution in [0.4, 0.5) is 0 Å². The van der Waals surface area contributed by atoms with E-state index in [1.165, 1.54) is 0 Å². The first kappa shape index (κ1) is 12.8. The zero-order valence-electron chi connectivity index (χ0n) is 7.61. The molecule has 1 heterocycles. The molecule has 0 radical (unpaired) electrons. The number of alkyl halides is 1. The highest BCUT2D eigenvalue weighted by molar-refractivity contribution is 7.13. The van der Waals surface area contributed by atoms with Crippen molar-refractivity contribution < 1.29 is 0 Å². The number of aromatic nitrogens is 1. The fourth-order valence-electron chi connectivity index (χ4n) is 1.13. The van der Waals surface area contributed by atoms with Crippen molar-refractivity contribution in [3.8, 4) is 10.6 Å². The van der Waals surface area contributed by atoms with Gasteiger partial charge in [-0.2, -0.15) is 0 Å². The number of hydrogen-bond acceptors (Lipinski definition) is 2. The Balaban J connectivity index is 0.00000112. The van der Waals surface area contributed by atoms with Gasteiger partial charge in [-0.05, 0) is 6.07 Å². The van der Waals surface area contributed by atoms with E-state index in [0.717, 1.165) is 21.3 Å². The summed E-state index contributed by atoms with van der Waals surface area (Å²) in [6, 6.07) is 7.67. The minimum Gasteiger partial charge on any atom is -0.240 e. The smallest absolute Gasteiger partial charge is 0.125 e. The van der Waals surface area contributed by atoms with Gasteiger partial charge in [0.25, 0.3) is 0 Å². The summed E-state index contributed by atoms with van der Waals surface area (Å²) < 4.78 is 0. The minimum atomic E-state index is 0. The Morgan fingerprint density at radius 1 is 1.27 bits per heavy atom. The molecular weight excluding hydrogens is 273 g/mol. The maximum atomic E-state index is 6.04. The van der Waals surface area contributed by atoms with Crippen molar-refractivity contribution in [1.29, 1.82) is 0 Å². The second-order valence-electron chi connectivity index (χ2n) is 2.76. The van der Waals surface area contributed by atoms with Crippen LogP contribution >= 0.6 is 46.9 Å². The van der Waals surface area contributed by atoms with Crippen molar-refractivity contribution in [3.63, 3.8) is 0 Å². The van der Waals surface area contributed by atoms with Crippen LogP contribution in [0.1, 0.15) is 5.69 Å². The predicted octanol–water partition coefficient (Wildman–Crippen LogP) is 4.62. The van der Waals surface area contributed by atoms with E-state index in [2.05, 4.69) is 4.98 Å². The molecule has 0 unspecified atom stereocenters. The van der Waals surface area contributed by atoms with Crippen molar-refractivity contribution in [2.24, 2.45) is 0 Å². The molecule has 1 aromatic heterocycles. The lowest BCUT2D eigenvalue weighted by atomic mass is 10.2. The van der Waals surface area contributed by atoms with Crippen LogP contribution in [0.15, 0.2) is 29.6 Å². The highest BCUT2D eigenvalue weighted by Crippen LogP contribution is 2.30. The lowest BCUT2D eigenvalue weighted by Gasteiger charge is -1.97. The number of thiazole rings is 1. The van der Waals surface area contributed by atoms with E-state index in [1.54, 1.807) is 11.3 Å². The zero-order chi connectivity index (χ0) is 9.97. The summed E-state index contributed by atoms with van der Waals surface area (Å²) in [6.45, 7) is 0. The summed E-state index contributed by atoms with van der Waals surface area (Å²) in [5, 5.41) is 3.60. The van der Waals surface area contributed by atoms with Crippen LogP contribution < -0.4 is 0 Å². The number of rotatable bonds is 2. The highest BCUT2D eigenvalue weighted by atomic mass is 35.5. The summed E-state index contributed by atoms with van der Waals surface area (Å²) in [5.74, 6) is 0.445. The Bertz CT molecular complexity index is 442. The van der Waals surface area contributed by atoms with Gasteiger partial charge in [-0.3, -0.25) is 0 Å². The van der Waals surface area contributed by atoms with Gasteiger partial charge in [0.1, 0.15) is 5.01 Å². The Kier molecular flexibility index (Phi) is 4.87. The molecule has 0 aliphatic rings. The quantitative estimate of drug-likeness (QED) is 0.731. The van der Waals surface area contributed by atoms with E-state index in [1.807, 2.05) is 29.6 Å². The number of hydrogen-bond donors (Lipinski definition) is 0. The van der Waals surface area contributed by atoms with Crippen LogP contribution in [0.25, 0.3) is 10.6 Å². The fourth-order valence-corrected chi connectivity index (χ4v) is 2.50. The maximum Gasteiger partial charge on any atom is 0.125 e. The molecule has 1 aromatic carbocycles. The molecule has 80 valence electrons. The van der Waals surface area contributed by atoms with Crippen LogP contribution in [0.2, 0.25) is 5.02 Å². The molecule has 0 saturated heterocycles. The predicted molar refractivity (Wildman–Crippen MR) is 69.4 cm³/mol. The molecule has 2 aromatic rings. The van der Waals surface area contributed by atoms with Gasteiger partial charge in [0.2, 0.25) is 0 Å². The molecule has 0 amide bonds. The Morgan fingerprint density at radius 3 is 2.60 bits per heavy atom. The first-order chi connectivity index (χ1) is 6.81. The molecule has 5 heteroatoms. The molecule has 0 atom stereocenters. The first-order valence-corrected chi connectivity index (χ1v) is 5.86. The van der Waals surface area contributed by atoms with Gasteiger partial charge in [-0.15, -0.1) is 35.3 Å². The average Bonchev–Trinajstić information content (AvgIpc) is 2.67. The SMILES string of the molecule is Cl.ClCc1csc(-c2ccccc2Cl)n1. The van der Waals surface area contributed by atoms with Gasteiger partial charge in [0, 0.05) is 10.9 Å². The standard InChI is InChI=1S/C10H7Cl2NS.ClH/c11-5-7-6-14-10(13-7)8-3-1-2-4-9(8)12;/h1-4,6H,5H2;1H. The lowest BCUT2D eigenvalue weighted by molar-refractivity contribution is 1.23. The second-order valence-corrected chi connectivity index (χ2v) is 4.29. The van der Waals surface area contributed by atoms with Crippen LogP contribution in [0.5, 0.6) is 0 Å². The number of nitrogens with zero attached hydrogens (tertiary/aromatic N) is 1. The molecule has 15 heavy (non-hydrogen) atoms. The molecule has 0 saturated carbocycles. The second kappa shape index (κ2) is 5.71. The number of halogens is 3. The fraction of sp³-hybridized carbons (Fsp3) is 0.100. The topological polar surface area (TPSA) is 12.9 Å². The number of benzene rings is 1. The van der Waals surface area contributed by atoms with Crippen molar-refractivity contribution in [3.05, 3.63) is 40.4 Å². The van der Waals surface area contributed by atoms with Crippen LogP contribution in [0, 0.1) is 0 Å². The first-order valence-electron chi connectivity index (χ1n) is 4.06. The zero-order valence-corrected chi connectivity index (χ0v) is 10.8. The monoisotopic (exact) mass is 279 g/mol. The van der Waals surface area contributed by atoms with Crippen LogP contribution in [-0.4, -0.2) is 4.98 Å². The van der Waals surface area contributed by atoms with E-state index in [4.69, 9.17) is 23.2 Å². The van der Waals surface area contributed by atoms with E-state index in [-0.39, 0.29) is 12.4 Å². The molecule has 0 spiro atoms. The van der Waals surface area contributed by atoms with Gasteiger partial charge in [-0.25, -0.2) is 4.98 Å². The molecule has 2 rings (SSSR count). The minimum absolute atomic E-state index is 0. The van der Waals surface area contributed by atoms with E-state index >= 15 is 0 Å². The molecular formula is C10H8Cl3NS. The third-order valence-electron chi connectivity index (χ3n) is 1.79. The van der Waals surface area contributed by atoms with E-state index in [9.17, 15) is 0 Å². The molecule has 0 N–H and O–H groups in total. The summed E-state index contributed by atoms with van der Waals surface area (Å²) in [7, 11) is 0. The third-order valence-corrected chi connectivity index (χ3v) is 3.32. The van der Waals surface area contributed by atoms with E-state index < -0.39 is 0 Å². The van der Waals surface area contributed by atoms with Crippen LogP contribution in [0.3, 0.4) is 0 Å². The molecule has 1 nitrogen and oxygen atoms in total. The highest BCUT2D eigenvalue weighted by Gasteiger charge is 2.06.